The first-order valence-electron chi connectivity index (χ1n) is 5.62. The van der Waals surface area contributed by atoms with Crippen LogP contribution >= 0.6 is 0 Å². The average molecular weight is 184 g/mol. The van der Waals surface area contributed by atoms with Crippen molar-refractivity contribution in [3.05, 3.63) is 0 Å². The Morgan fingerprint density at radius 2 is 2.23 bits per heavy atom. The molecule has 1 rings (SSSR count). The van der Waals surface area contributed by atoms with Crippen molar-refractivity contribution in [3.63, 3.8) is 0 Å². The third-order valence-corrected chi connectivity index (χ3v) is 3.11. The molecule has 13 heavy (non-hydrogen) atoms. The first-order chi connectivity index (χ1) is 6.24. The Hall–Kier alpha value is -0.0800. The van der Waals surface area contributed by atoms with Crippen LogP contribution < -0.4 is 10.6 Å². The fraction of sp³-hybridized carbons (Fsp3) is 1.00. The van der Waals surface area contributed by atoms with Gasteiger partial charge in [0.2, 0.25) is 0 Å². The van der Waals surface area contributed by atoms with Crippen LogP contribution in [-0.2, 0) is 0 Å². The lowest BCUT2D eigenvalue weighted by atomic mass is 9.86. The minimum atomic E-state index is 0.701. The zero-order valence-electron chi connectivity index (χ0n) is 9.27. The SMILES string of the molecule is CN[C@@H]1CNCCC1CCC(C)C. The summed E-state index contributed by atoms with van der Waals surface area (Å²) in [5, 5.41) is 6.86. The van der Waals surface area contributed by atoms with Crippen molar-refractivity contribution in [3.8, 4) is 0 Å². The fourth-order valence-corrected chi connectivity index (χ4v) is 2.14. The molecule has 0 saturated carbocycles. The maximum atomic E-state index is 3.44. The molecule has 2 nitrogen and oxygen atoms in total. The van der Waals surface area contributed by atoms with Gasteiger partial charge in [0.15, 0.2) is 0 Å². The first kappa shape index (κ1) is 11.0. The Kier molecular flexibility index (Phi) is 4.74. The van der Waals surface area contributed by atoms with Crippen LogP contribution in [0.25, 0.3) is 0 Å². The molecule has 1 heterocycles. The number of likely N-dealkylation sites (N-methyl/N-ethyl adjacent to an activating group) is 1. The summed E-state index contributed by atoms with van der Waals surface area (Å²) in [5.74, 6) is 1.75. The molecule has 1 aliphatic rings. The van der Waals surface area contributed by atoms with E-state index in [2.05, 4.69) is 31.5 Å². The highest BCUT2D eigenvalue weighted by Gasteiger charge is 2.22. The number of piperidine rings is 1. The van der Waals surface area contributed by atoms with Gasteiger partial charge in [-0.15, -0.1) is 0 Å². The molecule has 2 heteroatoms. The molecular weight excluding hydrogens is 160 g/mol. The lowest BCUT2D eigenvalue weighted by Gasteiger charge is -2.32. The largest absolute Gasteiger partial charge is 0.315 e. The van der Waals surface area contributed by atoms with Crippen molar-refractivity contribution in [1.29, 1.82) is 0 Å². The molecule has 0 amide bonds. The zero-order valence-corrected chi connectivity index (χ0v) is 9.27. The molecule has 78 valence electrons. The van der Waals surface area contributed by atoms with E-state index in [4.69, 9.17) is 0 Å². The smallest absolute Gasteiger partial charge is 0.0218 e. The van der Waals surface area contributed by atoms with E-state index in [1.807, 2.05) is 0 Å². The van der Waals surface area contributed by atoms with Crippen LogP contribution in [0.1, 0.15) is 33.1 Å². The molecule has 1 fully saturated rings. The van der Waals surface area contributed by atoms with Crippen molar-refractivity contribution in [2.24, 2.45) is 11.8 Å². The topological polar surface area (TPSA) is 24.1 Å². The molecule has 1 aliphatic heterocycles. The summed E-state index contributed by atoms with van der Waals surface area (Å²) in [4.78, 5) is 0. The molecular formula is C11H24N2. The summed E-state index contributed by atoms with van der Waals surface area (Å²) in [7, 11) is 2.08. The molecule has 0 aromatic carbocycles. The lowest BCUT2D eigenvalue weighted by molar-refractivity contribution is 0.261. The van der Waals surface area contributed by atoms with Crippen LogP contribution in [0.3, 0.4) is 0 Å². The third kappa shape index (κ3) is 3.65. The minimum Gasteiger partial charge on any atom is -0.315 e. The standard InChI is InChI=1S/C11H24N2/c1-9(2)4-5-10-6-7-13-8-11(10)12-3/h9-13H,4-8H2,1-3H3/t10?,11-/m1/s1. The van der Waals surface area contributed by atoms with Gasteiger partial charge in [-0.3, -0.25) is 0 Å². The number of rotatable bonds is 4. The van der Waals surface area contributed by atoms with E-state index in [-0.39, 0.29) is 0 Å². The Balaban J connectivity index is 2.27. The Morgan fingerprint density at radius 1 is 1.46 bits per heavy atom. The van der Waals surface area contributed by atoms with Gasteiger partial charge >= 0.3 is 0 Å². The monoisotopic (exact) mass is 184 g/mol. The number of hydrogen-bond donors (Lipinski definition) is 2. The predicted octanol–water partition coefficient (Wildman–Crippen LogP) is 1.62. The fourth-order valence-electron chi connectivity index (χ4n) is 2.14. The normalized spacial score (nSPS) is 29.5. The van der Waals surface area contributed by atoms with Crippen LogP contribution in [0.5, 0.6) is 0 Å². The van der Waals surface area contributed by atoms with Crippen LogP contribution in [-0.4, -0.2) is 26.2 Å². The van der Waals surface area contributed by atoms with E-state index < -0.39 is 0 Å². The third-order valence-electron chi connectivity index (χ3n) is 3.11. The molecule has 0 aromatic heterocycles. The molecule has 0 bridgehead atoms. The van der Waals surface area contributed by atoms with E-state index in [0.29, 0.717) is 6.04 Å². The lowest BCUT2D eigenvalue weighted by Crippen LogP contribution is -2.47. The molecule has 0 aliphatic carbocycles. The minimum absolute atomic E-state index is 0.701. The highest BCUT2D eigenvalue weighted by atomic mass is 15.0. The van der Waals surface area contributed by atoms with Crippen molar-refractivity contribution in [1.82, 2.24) is 10.6 Å². The summed E-state index contributed by atoms with van der Waals surface area (Å²) in [6.45, 7) is 6.99. The highest BCUT2D eigenvalue weighted by Crippen LogP contribution is 2.20. The summed E-state index contributed by atoms with van der Waals surface area (Å²) in [6.07, 6.45) is 4.12. The molecule has 0 spiro atoms. The van der Waals surface area contributed by atoms with Crippen LogP contribution in [0.4, 0.5) is 0 Å². The molecule has 2 atom stereocenters. The van der Waals surface area contributed by atoms with Gasteiger partial charge in [0.05, 0.1) is 0 Å². The van der Waals surface area contributed by atoms with E-state index in [0.717, 1.165) is 18.4 Å². The molecule has 0 radical (unpaired) electrons. The summed E-state index contributed by atoms with van der Waals surface area (Å²) < 4.78 is 0. The Labute approximate surface area is 82.5 Å². The second-order valence-corrected chi connectivity index (χ2v) is 4.62. The maximum absolute atomic E-state index is 3.44. The maximum Gasteiger partial charge on any atom is 0.0218 e. The second-order valence-electron chi connectivity index (χ2n) is 4.62. The van der Waals surface area contributed by atoms with E-state index >= 15 is 0 Å². The van der Waals surface area contributed by atoms with E-state index in [9.17, 15) is 0 Å². The zero-order chi connectivity index (χ0) is 9.68. The van der Waals surface area contributed by atoms with E-state index in [1.165, 1.54) is 25.8 Å². The predicted molar refractivity (Wildman–Crippen MR) is 57.9 cm³/mol. The van der Waals surface area contributed by atoms with Crippen molar-refractivity contribution in [2.75, 3.05) is 20.1 Å². The molecule has 1 saturated heterocycles. The van der Waals surface area contributed by atoms with Gasteiger partial charge in [-0.25, -0.2) is 0 Å². The highest BCUT2D eigenvalue weighted by molar-refractivity contribution is 4.82. The summed E-state index contributed by atoms with van der Waals surface area (Å²) in [6, 6.07) is 0.701. The quantitative estimate of drug-likeness (QED) is 0.694. The van der Waals surface area contributed by atoms with Gasteiger partial charge in [-0.05, 0) is 38.3 Å². The molecule has 1 unspecified atom stereocenters. The van der Waals surface area contributed by atoms with Gasteiger partial charge in [-0.2, -0.15) is 0 Å². The van der Waals surface area contributed by atoms with Gasteiger partial charge < -0.3 is 10.6 Å². The van der Waals surface area contributed by atoms with Crippen molar-refractivity contribution < 1.29 is 0 Å². The van der Waals surface area contributed by atoms with E-state index in [1.54, 1.807) is 0 Å². The van der Waals surface area contributed by atoms with Gasteiger partial charge in [0.1, 0.15) is 0 Å². The van der Waals surface area contributed by atoms with Crippen molar-refractivity contribution >= 4 is 0 Å². The first-order valence-corrected chi connectivity index (χ1v) is 5.62. The van der Waals surface area contributed by atoms with Gasteiger partial charge in [0, 0.05) is 12.6 Å². The van der Waals surface area contributed by atoms with Crippen LogP contribution in [0.15, 0.2) is 0 Å². The Bertz CT molecular complexity index is 134. The molecule has 2 N–H and O–H groups in total. The average Bonchev–Trinajstić information content (AvgIpc) is 2.15. The Morgan fingerprint density at radius 3 is 2.85 bits per heavy atom. The van der Waals surface area contributed by atoms with Gasteiger partial charge in [0.25, 0.3) is 0 Å². The summed E-state index contributed by atoms with van der Waals surface area (Å²) in [5.41, 5.74) is 0. The van der Waals surface area contributed by atoms with Crippen LogP contribution in [0.2, 0.25) is 0 Å². The van der Waals surface area contributed by atoms with Gasteiger partial charge in [-0.1, -0.05) is 20.3 Å². The second kappa shape index (κ2) is 5.61. The number of nitrogens with one attached hydrogen (secondary N) is 2. The molecule has 0 aromatic rings. The summed E-state index contributed by atoms with van der Waals surface area (Å²) >= 11 is 0. The van der Waals surface area contributed by atoms with Crippen LogP contribution in [0, 0.1) is 11.8 Å². The van der Waals surface area contributed by atoms with Crippen molar-refractivity contribution in [2.45, 2.75) is 39.2 Å². The number of hydrogen-bond acceptors (Lipinski definition) is 2.